The van der Waals surface area contributed by atoms with Crippen molar-refractivity contribution in [3.8, 4) is 0 Å². The quantitative estimate of drug-likeness (QED) is 0.907. The summed E-state index contributed by atoms with van der Waals surface area (Å²) in [5.41, 5.74) is 3.62. The lowest BCUT2D eigenvalue weighted by Crippen LogP contribution is -2.49. The van der Waals surface area contributed by atoms with Crippen LogP contribution in [0, 0.1) is 20.8 Å². The normalized spacial score (nSPS) is 19.3. The Hall–Kier alpha value is -1.86. The monoisotopic (exact) mass is 364 g/mol. The molecular formula is C18H24N2O4S. The summed E-state index contributed by atoms with van der Waals surface area (Å²) in [7, 11) is -3.24. The Bertz CT molecular complexity index is 930. The van der Waals surface area contributed by atoms with Gasteiger partial charge in [0.1, 0.15) is 5.58 Å². The number of fused-ring (bicyclic) bond motifs is 1. The number of nitrogens with one attached hydrogen (secondary N) is 1. The molecule has 1 N–H and O–H groups in total. The molecule has 1 amide bonds. The molecule has 1 saturated heterocycles. The zero-order chi connectivity index (χ0) is 18.4. The van der Waals surface area contributed by atoms with Crippen LogP contribution in [0.25, 0.3) is 11.0 Å². The minimum Gasteiger partial charge on any atom is -0.450 e. The molecule has 2 heterocycles. The van der Waals surface area contributed by atoms with E-state index < -0.39 is 10.0 Å². The number of rotatable bonds is 3. The molecule has 2 aromatic rings. The predicted molar refractivity (Wildman–Crippen MR) is 97.3 cm³/mol. The van der Waals surface area contributed by atoms with Crippen LogP contribution in [0.4, 0.5) is 0 Å². The van der Waals surface area contributed by atoms with Crippen molar-refractivity contribution in [2.45, 2.75) is 39.7 Å². The highest BCUT2D eigenvalue weighted by atomic mass is 32.2. The molecule has 1 atom stereocenters. The molecule has 1 aliphatic rings. The predicted octanol–water partition coefficient (Wildman–Crippen LogP) is 2.51. The Morgan fingerprint density at radius 2 is 1.92 bits per heavy atom. The maximum absolute atomic E-state index is 12.7. The van der Waals surface area contributed by atoms with Crippen molar-refractivity contribution in [2.24, 2.45) is 0 Å². The number of furan rings is 1. The smallest absolute Gasteiger partial charge is 0.287 e. The van der Waals surface area contributed by atoms with Gasteiger partial charge in [0.2, 0.25) is 10.0 Å². The first-order valence-corrected chi connectivity index (χ1v) is 10.3. The summed E-state index contributed by atoms with van der Waals surface area (Å²) in [6.45, 7) is 6.65. The summed E-state index contributed by atoms with van der Waals surface area (Å²) < 4.78 is 30.7. The Labute approximate surface area is 148 Å². The summed E-state index contributed by atoms with van der Waals surface area (Å²) in [5.74, 6) is 0.0248. The fourth-order valence-corrected chi connectivity index (χ4v) is 4.42. The van der Waals surface area contributed by atoms with E-state index in [1.807, 2.05) is 32.9 Å². The third-order valence-corrected chi connectivity index (χ3v) is 6.15. The molecule has 3 rings (SSSR count). The molecule has 0 spiro atoms. The van der Waals surface area contributed by atoms with Gasteiger partial charge in [-0.15, -0.1) is 0 Å². The van der Waals surface area contributed by atoms with Gasteiger partial charge in [-0.1, -0.05) is 12.1 Å². The summed E-state index contributed by atoms with van der Waals surface area (Å²) in [6, 6.07) is 3.80. The first kappa shape index (κ1) is 17.9. The maximum atomic E-state index is 12.7. The van der Waals surface area contributed by atoms with Crippen molar-refractivity contribution in [3.05, 3.63) is 34.6 Å². The van der Waals surface area contributed by atoms with E-state index in [-0.39, 0.29) is 11.9 Å². The molecule has 6 nitrogen and oxygen atoms in total. The number of sulfonamides is 1. The van der Waals surface area contributed by atoms with Crippen LogP contribution in [-0.4, -0.2) is 44.0 Å². The molecule has 1 fully saturated rings. The van der Waals surface area contributed by atoms with Gasteiger partial charge in [0.25, 0.3) is 5.91 Å². The van der Waals surface area contributed by atoms with Crippen LogP contribution < -0.4 is 5.32 Å². The fraction of sp³-hybridized carbons (Fsp3) is 0.500. The zero-order valence-electron chi connectivity index (χ0n) is 15.0. The van der Waals surface area contributed by atoms with E-state index in [0.717, 1.165) is 40.5 Å². The number of piperidine rings is 1. The molecule has 1 aromatic carbocycles. The number of nitrogens with zero attached hydrogens (tertiary/aromatic N) is 1. The Morgan fingerprint density at radius 3 is 2.56 bits per heavy atom. The highest BCUT2D eigenvalue weighted by Crippen LogP contribution is 2.30. The third kappa shape index (κ3) is 3.43. The highest BCUT2D eigenvalue weighted by molar-refractivity contribution is 7.88. The number of hydrogen-bond donors (Lipinski definition) is 1. The van der Waals surface area contributed by atoms with Crippen molar-refractivity contribution >= 4 is 26.9 Å². The molecule has 0 saturated carbocycles. The van der Waals surface area contributed by atoms with Gasteiger partial charge < -0.3 is 9.73 Å². The summed E-state index contributed by atoms with van der Waals surface area (Å²) >= 11 is 0. The molecule has 0 radical (unpaired) electrons. The largest absolute Gasteiger partial charge is 0.450 e. The van der Waals surface area contributed by atoms with Crippen LogP contribution in [0.15, 0.2) is 16.5 Å². The average Bonchev–Trinajstić information content (AvgIpc) is 2.89. The van der Waals surface area contributed by atoms with Crippen molar-refractivity contribution in [2.75, 3.05) is 19.3 Å². The van der Waals surface area contributed by atoms with Crippen LogP contribution >= 0.6 is 0 Å². The number of aryl methyl sites for hydroxylation is 3. The third-order valence-electron chi connectivity index (χ3n) is 4.88. The van der Waals surface area contributed by atoms with Gasteiger partial charge in [-0.05, 0) is 44.7 Å². The van der Waals surface area contributed by atoms with Crippen LogP contribution in [0.3, 0.4) is 0 Å². The minimum absolute atomic E-state index is 0.203. The molecule has 1 aromatic heterocycles. The molecule has 0 aliphatic carbocycles. The van der Waals surface area contributed by atoms with E-state index in [4.69, 9.17) is 4.42 Å². The first-order valence-electron chi connectivity index (χ1n) is 8.43. The maximum Gasteiger partial charge on any atom is 0.287 e. The Balaban J connectivity index is 1.85. The lowest BCUT2D eigenvalue weighted by Gasteiger charge is -2.31. The van der Waals surface area contributed by atoms with Crippen LogP contribution in [0.2, 0.25) is 0 Å². The van der Waals surface area contributed by atoms with Crippen LogP contribution in [0.1, 0.15) is 40.1 Å². The second-order valence-corrected chi connectivity index (χ2v) is 8.88. The van der Waals surface area contributed by atoms with E-state index in [1.54, 1.807) is 0 Å². The van der Waals surface area contributed by atoms with Crippen molar-refractivity contribution in [3.63, 3.8) is 0 Å². The summed E-state index contributed by atoms with van der Waals surface area (Å²) in [4.78, 5) is 12.7. The van der Waals surface area contributed by atoms with E-state index in [2.05, 4.69) is 5.32 Å². The molecule has 25 heavy (non-hydrogen) atoms. The average molecular weight is 364 g/mol. The number of amides is 1. The molecule has 0 bridgehead atoms. The Morgan fingerprint density at radius 1 is 1.24 bits per heavy atom. The number of hydrogen-bond acceptors (Lipinski definition) is 4. The zero-order valence-corrected chi connectivity index (χ0v) is 15.9. The topological polar surface area (TPSA) is 79.6 Å². The minimum atomic E-state index is -3.24. The Kier molecular flexibility index (Phi) is 4.64. The fourth-order valence-electron chi connectivity index (χ4n) is 3.50. The van der Waals surface area contributed by atoms with Crippen molar-refractivity contribution < 1.29 is 17.6 Å². The van der Waals surface area contributed by atoms with Gasteiger partial charge in [0.15, 0.2) is 5.76 Å². The standard InChI is InChI=1S/C18H24N2O4S/c1-11-7-8-12(2)16-15(11)13(3)17(24-16)18(21)19-14-6-5-9-20(10-14)25(4,22)23/h7-8,14H,5-6,9-10H2,1-4H3,(H,19,21). The SMILES string of the molecule is Cc1ccc(C)c2c(C)c(C(=O)NC3CCCN(S(C)(=O)=O)C3)oc12. The summed E-state index contributed by atoms with van der Waals surface area (Å²) in [5, 5.41) is 3.92. The molecule has 1 aliphatic heterocycles. The van der Waals surface area contributed by atoms with E-state index in [0.29, 0.717) is 18.8 Å². The van der Waals surface area contributed by atoms with Crippen LogP contribution in [0.5, 0.6) is 0 Å². The summed E-state index contributed by atoms with van der Waals surface area (Å²) in [6.07, 6.45) is 2.69. The molecule has 1 unspecified atom stereocenters. The van der Waals surface area contributed by atoms with Gasteiger partial charge in [-0.2, -0.15) is 0 Å². The second kappa shape index (κ2) is 6.46. The van der Waals surface area contributed by atoms with E-state index >= 15 is 0 Å². The van der Waals surface area contributed by atoms with E-state index in [9.17, 15) is 13.2 Å². The van der Waals surface area contributed by atoms with Crippen LogP contribution in [-0.2, 0) is 10.0 Å². The lowest BCUT2D eigenvalue weighted by atomic mass is 10.0. The lowest BCUT2D eigenvalue weighted by molar-refractivity contribution is 0.0894. The number of carbonyl (C=O) groups is 1. The van der Waals surface area contributed by atoms with Gasteiger partial charge in [-0.25, -0.2) is 12.7 Å². The van der Waals surface area contributed by atoms with Gasteiger partial charge in [-0.3, -0.25) is 4.79 Å². The number of benzene rings is 1. The van der Waals surface area contributed by atoms with E-state index in [1.165, 1.54) is 10.6 Å². The molecule has 136 valence electrons. The number of carbonyl (C=O) groups excluding carboxylic acids is 1. The van der Waals surface area contributed by atoms with Crippen molar-refractivity contribution in [1.82, 2.24) is 9.62 Å². The first-order chi connectivity index (χ1) is 11.7. The van der Waals surface area contributed by atoms with Gasteiger partial charge >= 0.3 is 0 Å². The molecular weight excluding hydrogens is 340 g/mol. The van der Waals surface area contributed by atoms with Crippen molar-refractivity contribution in [1.29, 1.82) is 0 Å². The highest BCUT2D eigenvalue weighted by Gasteiger charge is 2.28. The van der Waals surface area contributed by atoms with Gasteiger partial charge in [0, 0.05) is 30.1 Å². The van der Waals surface area contributed by atoms with Gasteiger partial charge in [0.05, 0.1) is 6.26 Å². The second-order valence-electron chi connectivity index (χ2n) is 6.89. The molecule has 7 heteroatoms.